The van der Waals surface area contributed by atoms with Crippen molar-refractivity contribution in [2.75, 3.05) is 26.8 Å². The van der Waals surface area contributed by atoms with Crippen LogP contribution in [0.5, 0.6) is 5.75 Å². The normalized spacial score (nSPS) is 10.6. The zero-order chi connectivity index (χ0) is 17.8. The van der Waals surface area contributed by atoms with Gasteiger partial charge < -0.3 is 14.4 Å². The van der Waals surface area contributed by atoms with E-state index < -0.39 is 0 Å². The third-order valence-electron chi connectivity index (χ3n) is 3.50. The second kappa shape index (κ2) is 11.3. The van der Waals surface area contributed by atoms with Crippen molar-refractivity contribution in [3.05, 3.63) is 35.9 Å². The van der Waals surface area contributed by atoms with E-state index in [1.54, 1.807) is 25.0 Å². The van der Waals surface area contributed by atoms with Gasteiger partial charge in [-0.05, 0) is 37.1 Å². The van der Waals surface area contributed by atoms with Crippen LogP contribution in [0.2, 0.25) is 0 Å². The van der Waals surface area contributed by atoms with Gasteiger partial charge in [0.05, 0.1) is 20.1 Å². The first-order valence-electron chi connectivity index (χ1n) is 8.37. The summed E-state index contributed by atoms with van der Waals surface area (Å²) >= 11 is 0. The van der Waals surface area contributed by atoms with Crippen molar-refractivity contribution < 1.29 is 19.1 Å². The Morgan fingerprint density at radius 3 is 2.67 bits per heavy atom. The van der Waals surface area contributed by atoms with Crippen LogP contribution >= 0.6 is 0 Å². The maximum Gasteiger partial charge on any atom is 0.307 e. The molecule has 5 nitrogen and oxygen atoms in total. The van der Waals surface area contributed by atoms with Crippen molar-refractivity contribution in [3.63, 3.8) is 0 Å². The van der Waals surface area contributed by atoms with Crippen LogP contribution in [-0.4, -0.2) is 43.6 Å². The van der Waals surface area contributed by atoms with E-state index in [0.29, 0.717) is 19.7 Å². The molecule has 0 saturated heterocycles. The van der Waals surface area contributed by atoms with Gasteiger partial charge in [-0.1, -0.05) is 25.5 Å². The molecule has 0 saturated carbocycles. The van der Waals surface area contributed by atoms with Gasteiger partial charge in [0.15, 0.2) is 0 Å². The van der Waals surface area contributed by atoms with E-state index in [-0.39, 0.29) is 18.3 Å². The van der Waals surface area contributed by atoms with Gasteiger partial charge in [0, 0.05) is 19.2 Å². The van der Waals surface area contributed by atoms with Gasteiger partial charge in [0.1, 0.15) is 5.75 Å². The summed E-state index contributed by atoms with van der Waals surface area (Å²) in [7, 11) is 1.61. The molecule has 0 aromatic heterocycles. The van der Waals surface area contributed by atoms with Crippen LogP contribution in [0.25, 0.3) is 6.08 Å². The Morgan fingerprint density at radius 1 is 1.21 bits per heavy atom. The van der Waals surface area contributed by atoms with Crippen molar-refractivity contribution >= 4 is 18.0 Å². The lowest BCUT2D eigenvalue weighted by atomic mass is 10.2. The average molecular weight is 333 g/mol. The number of unbranched alkanes of at least 4 members (excludes halogenated alkanes) is 1. The monoisotopic (exact) mass is 333 g/mol. The average Bonchev–Trinajstić information content (AvgIpc) is 2.60. The number of carbonyl (C=O) groups is 2. The van der Waals surface area contributed by atoms with Crippen LogP contribution in [0.1, 0.15) is 38.7 Å². The molecule has 0 unspecified atom stereocenters. The molecule has 0 fully saturated rings. The second-order valence-corrected chi connectivity index (χ2v) is 5.34. The van der Waals surface area contributed by atoms with Crippen molar-refractivity contribution in [2.45, 2.75) is 33.1 Å². The molecular weight excluding hydrogens is 306 g/mol. The highest BCUT2D eigenvalue weighted by Gasteiger charge is 2.12. The number of amides is 1. The number of nitrogens with zero attached hydrogens (tertiary/aromatic N) is 1. The van der Waals surface area contributed by atoms with Gasteiger partial charge in [0.25, 0.3) is 0 Å². The molecular formula is C19H27NO4. The molecule has 132 valence electrons. The fourth-order valence-electron chi connectivity index (χ4n) is 2.16. The Kier molecular flexibility index (Phi) is 9.27. The second-order valence-electron chi connectivity index (χ2n) is 5.34. The summed E-state index contributed by atoms with van der Waals surface area (Å²) < 4.78 is 10.1. The van der Waals surface area contributed by atoms with Crippen molar-refractivity contribution in [2.24, 2.45) is 0 Å². The van der Waals surface area contributed by atoms with Crippen molar-refractivity contribution in [1.82, 2.24) is 4.90 Å². The van der Waals surface area contributed by atoms with Crippen LogP contribution in [-0.2, 0) is 14.3 Å². The van der Waals surface area contributed by atoms with Crippen molar-refractivity contribution in [1.29, 1.82) is 0 Å². The molecule has 24 heavy (non-hydrogen) atoms. The molecule has 0 aliphatic rings. The van der Waals surface area contributed by atoms with E-state index in [1.807, 2.05) is 24.3 Å². The first kappa shape index (κ1) is 19.7. The Balaban J connectivity index is 2.68. The lowest BCUT2D eigenvalue weighted by Gasteiger charge is -2.20. The number of hydrogen-bond donors (Lipinski definition) is 0. The molecule has 5 heteroatoms. The van der Waals surface area contributed by atoms with Gasteiger partial charge in [0.2, 0.25) is 5.91 Å². The van der Waals surface area contributed by atoms with Crippen LogP contribution in [0, 0.1) is 0 Å². The summed E-state index contributed by atoms with van der Waals surface area (Å²) in [4.78, 5) is 25.6. The SMILES string of the molecule is CCCCN(CCC(=O)OCC)C(=O)/C=C/c1cccc(OC)c1. The third-order valence-corrected chi connectivity index (χ3v) is 3.50. The van der Waals surface area contributed by atoms with Gasteiger partial charge in [-0.2, -0.15) is 0 Å². The van der Waals surface area contributed by atoms with E-state index in [9.17, 15) is 9.59 Å². The maximum atomic E-state index is 12.4. The maximum absolute atomic E-state index is 12.4. The quantitative estimate of drug-likeness (QED) is 0.487. The molecule has 1 aromatic carbocycles. The Bertz CT molecular complexity index is 554. The van der Waals surface area contributed by atoms with Gasteiger partial charge in [-0.15, -0.1) is 0 Å². The molecule has 0 aliphatic heterocycles. The molecule has 0 radical (unpaired) electrons. The lowest BCUT2D eigenvalue weighted by Crippen LogP contribution is -2.32. The van der Waals surface area contributed by atoms with E-state index in [2.05, 4.69) is 6.92 Å². The van der Waals surface area contributed by atoms with Crippen LogP contribution in [0.15, 0.2) is 30.3 Å². The van der Waals surface area contributed by atoms with Crippen LogP contribution in [0.4, 0.5) is 0 Å². The zero-order valence-corrected chi connectivity index (χ0v) is 14.8. The first-order chi connectivity index (χ1) is 11.6. The smallest absolute Gasteiger partial charge is 0.307 e. The third kappa shape index (κ3) is 7.31. The largest absolute Gasteiger partial charge is 0.497 e. The minimum absolute atomic E-state index is 0.101. The molecule has 1 aromatic rings. The highest BCUT2D eigenvalue weighted by molar-refractivity contribution is 5.92. The number of benzene rings is 1. The highest BCUT2D eigenvalue weighted by Crippen LogP contribution is 2.14. The summed E-state index contributed by atoms with van der Waals surface area (Å²) in [5, 5.41) is 0. The number of esters is 1. The molecule has 0 spiro atoms. The number of hydrogen-bond acceptors (Lipinski definition) is 4. The predicted molar refractivity (Wildman–Crippen MR) is 94.8 cm³/mol. The predicted octanol–water partition coefficient (Wildman–Crippen LogP) is 3.29. The Morgan fingerprint density at radius 2 is 2.00 bits per heavy atom. The van der Waals surface area contributed by atoms with Gasteiger partial charge in [-0.3, -0.25) is 9.59 Å². The topological polar surface area (TPSA) is 55.8 Å². The number of methoxy groups -OCH3 is 1. The minimum Gasteiger partial charge on any atom is -0.497 e. The molecule has 1 amide bonds. The number of ether oxygens (including phenoxy) is 2. The summed E-state index contributed by atoms with van der Waals surface area (Å²) in [5.74, 6) is 0.369. The lowest BCUT2D eigenvalue weighted by molar-refractivity contribution is -0.143. The van der Waals surface area contributed by atoms with E-state index in [0.717, 1.165) is 24.2 Å². The number of carbonyl (C=O) groups excluding carboxylic acids is 2. The summed E-state index contributed by atoms with van der Waals surface area (Å²) in [6.07, 6.45) is 5.41. The van der Waals surface area contributed by atoms with Crippen molar-refractivity contribution in [3.8, 4) is 5.75 Å². The first-order valence-corrected chi connectivity index (χ1v) is 8.37. The van der Waals surface area contributed by atoms with E-state index in [1.165, 1.54) is 6.08 Å². The molecule has 1 rings (SSSR count). The number of rotatable bonds is 10. The fraction of sp³-hybridized carbons (Fsp3) is 0.474. The Labute approximate surface area is 144 Å². The summed E-state index contributed by atoms with van der Waals surface area (Å²) in [6, 6.07) is 7.49. The van der Waals surface area contributed by atoms with Crippen LogP contribution < -0.4 is 4.74 Å². The van der Waals surface area contributed by atoms with E-state index >= 15 is 0 Å². The molecule has 0 bridgehead atoms. The molecule has 0 atom stereocenters. The van der Waals surface area contributed by atoms with Crippen LogP contribution in [0.3, 0.4) is 0 Å². The zero-order valence-electron chi connectivity index (χ0n) is 14.8. The summed E-state index contributed by atoms with van der Waals surface area (Å²) in [5.41, 5.74) is 0.892. The standard InChI is InChI=1S/C19H27NO4/c1-4-6-13-20(14-12-19(22)24-5-2)18(21)11-10-16-8-7-9-17(15-16)23-3/h7-11,15H,4-6,12-14H2,1-3H3/b11-10+. The fourth-order valence-corrected chi connectivity index (χ4v) is 2.16. The minimum atomic E-state index is -0.274. The van der Waals surface area contributed by atoms with E-state index in [4.69, 9.17) is 9.47 Å². The molecule has 0 aliphatic carbocycles. The Hall–Kier alpha value is -2.30. The van der Waals surface area contributed by atoms with Gasteiger partial charge >= 0.3 is 5.97 Å². The highest BCUT2D eigenvalue weighted by atomic mass is 16.5. The molecule has 0 heterocycles. The summed E-state index contributed by atoms with van der Waals surface area (Å²) in [6.45, 7) is 5.21. The molecule has 0 N–H and O–H groups in total. The van der Waals surface area contributed by atoms with Gasteiger partial charge in [-0.25, -0.2) is 0 Å².